The fourth-order valence-corrected chi connectivity index (χ4v) is 5.71. The van der Waals surface area contributed by atoms with E-state index in [1.165, 1.54) is 17.8 Å². The lowest BCUT2D eigenvalue weighted by atomic mass is 9.92. The van der Waals surface area contributed by atoms with Gasteiger partial charge < -0.3 is 10.2 Å². The van der Waals surface area contributed by atoms with Gasteiger partial charge in [-0.2, -0.15) is 10.2 Å². The zero-order valence-corrected chi connectivity index (χ0v) is 21.8. The average molecular weight is 512 g/mol. The zero-order chi connectivity index (χ0) is 25.8. The van der Waals surface area contributed by atoms with Gasteiger partial charge in [0.15, 0.2) is 5.78 Å². The number of rotatable bonds is 7. The van der Waals surface area contributed by atoms with Crippen LogP contribution in [-0.4, -0.2) is 40.0 Å². The minimum atomic E-state index is -0.281. The molecule has 1 N–H and O–H groups in total. The molecule has 1 atom stereocenters. The van der Waals surface area contributed by atoms with Gasteiger partial charge in [-0.3, -0.25) is 9.59 Å². The van der Waals surface area contributed by atoms with Gasteiger partial charge in [0, 0.05) is 35.2 Å². The fourth-order valence-electron chi connectivity index (χ4n) is 4.92. The molecule has 0 unspecified atom stereocenters. The number of carbonyl (C=O) groups excluding carboxylic acids is 2. The quantitative estimate of drug-likeness (QED) is 0.305. The van der Waals surface area contributed by atoms with Gasteiger partial charge >= 0.3 is 0 Å². The van der Waals surface area contributed by atoms with E-state index >= 15 is 0 Å². The van der Waals surface area contributed by atoms with Crippen molar-refractivity contribution in [2.24, 2.45) is 5.92 Å². The summed E-state index contributed by atoms with van der Waals surface area (Å²) in [6, 6.07) is 14.8. The summed E-state index contributed by atoms with van der Waals surface area (Å²) in [5.74, 6) is 0.285. The second kappa shape index (κ2) is 11.0. The first-order valence-corrected chi connectivity index (χ1v) is 13.4. The van der Waals surface area contributed by atoms with Crippen LogP contribution in [0.3, 0.4) is 0 Å². The van der Waals surface area contributed by atoms with E-state index < -0.39 is 0 Å². The number of nitrogens with one attached hydrogen (secondary N) is 1. The number of amides is 1. The number of hydrogen-bond acceptors (Lipinski definition) is 7. The summed E-state index contributed by atoms with van der Waals surface area (Å²) in [7, 11) is 0. The summed E-state index contributed by atoms with van der Waals surface area (Å²) in [5.41, 5.74) is 4.96. The van der Waals surface area contributed by atoms with Crippen LogP contribution in [0.4, 0.5) is 11.4 Å². The summed E-state index contributed by atoms with van der Waals surface area (Å²) in [6.45, 7) is 5.99. The van der Waals surface area contributed by atoms with E-state index in [1.807, 2.05) is 55.5 Å². The average Bonchev–Trinajstić information content (AvgIpc) is 3.45. The van der Waals surface area contributed by atoms with Crippen LogP contribution in [0.25, 0.3) is 10.6 Å². The largest absolute Gasteiger partial charge is 0.369 e. The van der Waals surface area contributed by atoms with E-state index in [2.05, 4.69) is 32.3 Å². The topological polar surface area (TPSA) is 88.1 Å². The van der Waals surface area contributed by atoms with Gasteiger partial charge in [0.2, 0.25) is 0 Å². The second-order valence-corrected chi connectivity index (χ2v) is 10.2. The number of piperidine rings is 1. The molecule has 1 aliphatic heterocycles. The van der Waals surface area contributed by atoms with Crippen LogP contribution in [-0.2, 0) is 0 Å². The van der Waals surface area contributed by atoms with Crippen molar-refractivity contribution in [3.05, 3.63) is 88.7 Å². The normalized spacial score (nSPS) is 15.4. The number of carbonyl (C=O) groups is 2. The maximum absolute atomic E-state index is 13.4. The Hall–Kier alpha value is -3.91. The Morgan fingerprint density at radius 2 is 1.95 bits per heavy atom. The molecular weight excluding hydrogens is 482 g/mol. The summed E-state index contributed by atoms with van der Waals surface area (Å²) in [4.78, 5) is 33.5. The molecule has 0 saturated carbocycles. The van der Waals surface area contributed by atoms with Crippen molar-refractivity contribution >= 4 is 34.4 Å². The first-order chi connectivity index (χ1) is 18.0. The van der Waals surface area contributed by atoms with E-state index in [0.717, 1.165) is 42.7 Å². The molecule has 1 fully saturated rings. The lowest BCUT2D eigenvalue weighted by Gasteiger charge is -2.36. The number of benzene rings is 2. The standard InChI is InChI=1S/C29H29N5O2S/c1-3-20-8-7-15-34(17-20)26-19(2)23(27(35)21-9-5-4-6-10-21)11-12-24(26)32-28(36)25-18-37-29(33-25)22-13-14-30-31-16-22/h4-6,9-14,16,18,20H,3,7-8,15,17H2,1-2H3,(H,32,36)/t20-/m1/s1. The van der Waals surface area contributed by atoms with Gasteiger partial charge in [0.25, 0.3) is 5.91 Å². The SMILES string of the molecule is CC[C@@H]1CCCN(c2c(NC(=O)c3csc(-c4ccnnc4)n3)ccc(C(=O)c3ccccc3)c2C)C1. The first kappa shape index (κ1) is 24.8. The number of nitrogens with zero attached hydrogens (tertiary/aromatic N) is 4. The van der Waals surface area contributed by atoms with Crippen molar-refractivity contribution in [2.75, 3.05) is 23.3 Å². The van der Waals surface area contributed by atoms with Crippen LogP contribution in [0.2, 0.25) is 0 Å². The number of hydrogen-bond donors (Lipinski definition) is 1. The van der Waals surface area contributed by atoms with Gasteiger partial charge in [-0.25, -0.2) is 4.98 Å². The molecule has 0 bridgehead atoms. The third-order valence-corrected chi connectivity index (χ3v) is 7.83. The van der Waals surface area contributed by atoms with E-state index in [0.29, 0.717) is 33.4 Å². The van der Waals surface area contributed by atoms with Gasteiger partial charge in [0.05, 0.1) is 23.8 Å². The smallest absolute Gasteiger partial charge is 0.275 e. The maximum atomic E-state index is 13.4. The van der Waals surface area contributed by atoms with E-state index in [1.54, 1.807) is 17.8 Å². The van der Waals surface area contributed by atoms with E-state index in [-0.39, 0.29) is 11.7 Å². The van der Waals surface area contributed by atoms with E-state index in [9.17, 15) is 9.59 Å². The van der Waals surface area contributed by atoms with Gasteiger partial charge in [-0.1, -0.05) is 43.7 Å². The highest BCUT2D eigenvalue weighted by molar-refractivity contribution is 7.13. The molecule has 2 aromatic carbocycles. The van der Waals surface area contributed by atoms with Gasteiger partial charge in [-0.05, 0) is 49.4 Å². The number of ketones is 1. The minimum Gasteiger partial charge on any atom is -0.369 e. The highest BCUT2D eigenvalue weighted by Gasteiger charge is 2.26. The van der Waals surface area contributed by atoms with Crippen molar-refractivity contribution in [2.45, 2.75) is 33.1 Å². The molecule has 7 nitrogen and oxygen atoms in total. The predicted molar refractivity (Wildman–Crippen MR) is 147 cm³/mol. The van der Waals surface area contributed by atoms with Crippen molar-refractivity contribution in [1.82, 2.24) is 15.2 Å². The zero-order valence-electron chi connectivity index (χ0n) is 21.0. The predicted octanol–water partition coefficient (Wildman–Crippen LogP) is 6.02. The summed E-state index contributed by atoms with van der Waals surface area (Å²) in [5, 5.41) is 13.2. The van der Waals surface area contributed by atoms with Crippen LogP contribution < -0.4 is 10.2 Å². The third kappa shape index (κ3) is 5.29. The second-order valence-electron chi connectivity index (χ2n) is 9.32. The summed E-state index contributed by atoms with van der Waals surface area (Å²) < 4.78 is 0. The van der Waals surface area contributed by atoms with Crippen molar-refractivity contribution in [3.63, 3.8) is 0 Å². The van der Waals surface area contributed by atoms with Crippen LogP contribution in [0.5, 0.6) is 0 Å². The first-order valence-electron chi connectivity index (χ1n) is 12.6. The highest BCUT2D eigenvalue weighted by atomic mass is 32.1. The molecule has 0 spiro atoms. The lowest BCUT2D eigenvalue weighted by molar-refractivity contribution is 0.102. The Morgan fingerprint density at radius 3 is 2.70 bits per heavy atom. The van der Waals surface area contributed by atoms with Crippen LogP contribution in [0.1, 0.15) is 58.2 Å². The number of aromatic nitrogens is 3. The van der Waals surface area contributed by atoms with Crippen LogP contribution in [0, 0.1) is 12.8 Å². The Morgan fingerprint density at radius 1 is 1.11 bits per heavy atom. The summed E-state index contributed by atoms with van der Waals surface area (Å²) in [6.07, 6.45) is 6.61. The molecule has 2 aromatic heterocycles. The molecule has 4 aromatic rings. The molecule has 1 amide bonds. The molecule has 188 valence electrons. The highest BCUT2D eigenvalue weighted by Crippen LogP contribution is 2.37. The van der Waals surface area contributed by atoms with Crippen molar-refractivity contribution < 1.29 is 9.59 Å². The number of anilines is 2. The lowest BCUT2D eigenvalue weighted by Crippen LogP contribution is -2.36. The molecule has 0 aliphatic carbocycles. The Bertz CT molecular complexity index is 1400. The van der Waals surface area contributed by atoms with Gasteiger partial charge in [0.1, 0.15) is 10.7 Å². The molecule has 5 rings (SSSR count). The minimum absolute atomic E-state index is 0.0172. The molecule has 1 saturated heterocycles. The van der Waals surface area contributed by atoms with Crippen LogP contribution in [0.15, 0.2) is 66.3 Å². The van der Waals surface area contributed by atoms with Crippen molar-refractivity contribution in [1.29, 1.82) is 0 Å². The fraction of sp³-hybridized carbons (Fsp3) is 0.276. The maximum Gasteiger partial charge on any atom is 0.275 e. The van der Waals surface area contributed by atoms with Crippen LogP contribution >= 0.6 is 11.3 Å². The molecule has 3 heterocycles. The summed E-state index contributed by atoms with van der Waals surface area (Å²) >= 11 is 1.39. The molecule has 8 heteroatoms. The van der Waals surface area contributed by atoms with E-state index in [4.69, 9.17) is 0 Å². The molecule has 37 heavy (non-hydrogen) atoms. The molecular formula is C29H29N5O2S. The Labute approximate surface area is 220 Å². The monoisotopic (exact) mass is 511 g/mol. The molecule has 0 radical (unpaired) electrons. The Balaban J connectivity index is 1.49. The van der Waals surface area contributed by atoms with Crippen molar-refractivity contribution in [3.8, 4) is 10.6 Å². The molecule has 1 aliphatic rings. The third-order valence-electron chi connectivity index (χ3n) is 6.94. The Kier molecular flexibility index (Phi) is 7.37. The number of thiazole rings is 1. The van der Waals surface area contributed by atoms with Gasteiger partial charge in [-0.15, -0.1) is 11.3 Å².